The monoisotopic (exact) mass is 202 g/mol. The summed E-state index contributed by atoms with van der Waals surface area (Å²) in [6, 6.07) is 0.585. The van der Waals surface area contributed by atoms with E-state index in [1.807, 2.05) is 6.92 Å². The molecule has 0 amide bonds. The minimum atomic E-state index is 0.585. The van der Waals surface area contributed by atoms with Gasteiger partial charge < -0.3 is 0 Å². The summed E-state index contributed by atoms with van der Waals surface area (Å²) < 4.78 is 2.09. The van der Waals surface area contributed by atoms with Crippen LogP contribution in [0.15, 0.2) is 6.33 Å². The van der Waals surface area contributed by atoms with Crippen LogP contribution in [-0.4, -0.2) is 19.7 Å². The van der Waals surface area contributed by atoms with Crippen LogP contribution in [0.4, 0.5) is 0 Å². The van der Waals surface area contributed by atoms with E-state index in [1.165, 1.54) is 12.8 Å². The van der Waals surface area contributed by atoms with Gasteiger partial charge in [0.25, 0.3) is 0 Å². The molecule has 0 N–H and O–H groups in total. The normalized spacial score (nSPS) is 16.1. The number of nitrogens with zero attached hydrogens (tertiary/aromatic N) is 4. The van der Waals surface area contributed by atoms with Crippen molar-refractivity contribution in [2.75, 3.05) is 0 Å². The Kier molecular flexibility index (Phi) is 1.78. The molecule has 3 rings (SSSR count). The fourth-order valence-electron chi connectivity index (χ4n) is 2.02. The summed E-state index contributed by atoms with van der Waals surface area (Å²) in [6.45, 7) is 4.16. The Morgan fingerprint density at radius 3 is 2.87 bits per heavy atom. The summed E-state index contributed by atoms with van der Waals surface area (Å²) in [5, 5.41) is 5.80. The maximum Gasteiger partial charge on any atom is 0.161 e. The van der Waals surface area contributed by atoms with Gasteiger partial charge in [-0.2, -0.15) is 5.10 Å². The molecule has 2 aromatic rings. The average molecular weight is 202 g/mol. The van der Waals surface area contributed by atoms with Crippen molar-refractivity contribution in [1.82, 2.24) is 19.7 Å². The van der Waals surface area contributed by atoms with Gasteiger partial charge in [0.15, 0.2) is 5.65 Å². The predicted molar refractivity (Wildman–Crippen MR) is 57.7 cm³/mol. The first-order valence-corrected chi connectivity index (χ1v) is 5.50. The van der Waals surface area contributed by atoms with Crippen molar-refractivity contribution in [2.45, 2.75) is 39.2 Å². The first-order chi connectivity index (χ1) is 7.31. The molecule has 0 aliphatic heterocycles. The van der Waals surface area contributed by atoms with Gasteiger partial charge in [0.2, 0.25) is 0 Å². The molecule has 2 heterocycles. The summed E-state index contributed by atoms with van der Waals surface area (Å²) in [5.74, 6) is 0. The lowest BCUT2D eigenvalue weighted by atomic mass is 10.2. The molecule has 0 spiro atoms. The Bertz CT molecular complexity index is 511. The van der Waals surface area contributed by atoms with Gasteiger partial charge in [-0.15, -0.1) is 0 Å². The van der Waals surface area contributed by atoms with Gasteiger partial charge in [0.1, 0.15) is 6.33 Å². The van der Waals surface area contributed by atoms with E-state index < -0.39 is 0 Å². The van der Waals surface area contributed by atoms with E-state index in [-0.39, 0.29) is 0 Å². The second-order valence-electron chi connectivity index (χ2n) is 4.13. The molecule has 0 bridgehead atoms. The van der Waals surface area contributed by atoms with Gasteiger partial charge in [-0.25, -0.2) is 14.6 Å². The molecule has 78 valence electrons. The minimum absolute atomic E-state index is 0.585. The third-order valence-corrected chi connectivity index (χ3v) is 2.98. The molecule has 1 fully saturated rings. The van der Waals surface area contributed by atoms with Crippen molar-refractivity contribution in [3.63, 3.8) is 0 Å². The van der Waals surface area contributed by atoms with Crippen molar-refractivity contribution in [2.24, 2.45) is 0 Å². The van der Waals surface area contributed by atoms with Crippen molar-refractivity contribution < 1.29 is 0 Å². The molecule has 0 aromatic carbocycles. The standard InChI is InChI=1S/C11H14N4/c1-3-9-10-7(2)12-6-13-11(10)15(14-9)8-4-5-8/h6,8H,3-5H2,1-2H3. The van der Waals surface area contributed by atoms with Crippen LogP contribution in [0.1, 0.15) is 37.2 Å². The molecular weight excluding hydrogens is 188 g/mol. The van der Waals surface area contributed by atoms with Gasteiger partial charge in [0.05, 0.1) is 22.8 Å². The van der Waals surface area contributed by atoms with Crippen LogP contribution in [0.5, 0.6) is 0 Å². The molecule has 4 heteroatoms. The van der Waals surface area contributed by atoms with Crippen LogP contribution in [0.25, 0.3) is 11.0 Å². The van der Waals surface area contributed by atoms with Crippen molar-refractivity contribution in [1.29, 1.82) is 0 Å². The van der Waals surface area contributed by atoms with Gasteiger partial charge in [-0.05, 0) is 26.2 Å². The van der Waals surface area contributed by atoms with Crippen molar-refractivity contribution in [3.8, 4) is 0 Å². The van der Waals surface area contributed by atoms with Crippen LogP contribution >= 0.6 is 0 Å². The van der Waals surface area contributed by atoms with E-state index in [2.05, 4.69) is 26.7 Å². The Labute approximate surface area is 88.3 Å². The molecule has 0 saturated heterocycles. The minimum Gasteiger partial charge on any atom is -0.244 e. The third-order valence-electron chi connectivity index (χ3n) is 2.98. The summed E-state index contributed by atoms with van der Waals surface area (Å²) in [5.41, 5.74) is 3.20. The number of rotatable bonds is 2. The van der Waals surface area contributed by atoms with Crippen LogP contribution in [0.3, 0.4) is 0 Å². The SMILES string of the molecule is CCc1nn(C2CC2)c2ncnc(C)c12. The zero-order valence-corrected chi connectivity index (χ0v) is 9.06. The first kappa shape index (κ1) is 8.83. The van der Waals surface area contributed by atoms with Crippen LogP contribution in [0.2, 0.25) is 0 Å². The Balaban J connectivity index is 2.33. The molecule has 0 radical (unpaired) electrons. The van der Waals surface area contributed by atoms with Crippen LogP contribution in [0, 0.1) is 6.92 Å². The van der Waals surface area contributed by atoms with Crippen LogP contribution in [-0.2, 0) is 6.42 Å². The largest absolute Gasteiger partial charge is 0.244 e. The van der Waals surface area contributed by atoms with E-state index in [9.17, 15) is 0 Å². The topological polar surface area (TPSA) is 43.6 Å². The average Bonchev–Trinajstić information content (AvgIpc) is 3.00. The molecule has 1 aliphatic carbocycles. The lowest BCUT2D eigenvalue weighted by molar-refractivity contribution is 0.646. The van der Waals surface area contributed by atoms with E-state index >= 15 is 0 Å². The smallest absolute Gasteiger partial charge is 0.161 e. The second kappa shape index (κ2) is 3.02. The Hall–Kier alpha value is -1.45. The van der Waals surface area contributed by atoms with E-state index in [0.29, 0.717) is 6.04 Å². The van der Waals surface area contributed by atoms with Crippen molar-refractivity contribution in [3.05, 3.63) is 17.7 Å². The van der Waals surface area contributed by atoms with Gasteiger partial charge in [0, 0.05) is 0 Å². The van der Waals surface area contributed by atoms with Crippen molar-refractivity contribution >= 4 is 11.0 Å². The Morgan fingerprint density at radius 1 is 1.40 bits per heavy atom. The highest BCUT2D eigenvalue weighted by Crippen LogP contribution is 2.37. The molecule has 0 unspecified atom stereocenters. The van der Waals surface area contributed by atoms with E-state index in [0.717, 1.165) is 28.8 Å². The highest BCUT2D eigenvalue weighted by atomic mass is 15.3. The predicted octanol–water partition coefficient (Wildman–Crippen LogP) is 2.03. The number of aryl methyl sites for hydroxylation is 2. The zero-order chi connectivity index (χ0) is 10.4. The molecule has 4 nitrogen and oxygen atoms in total. The second-order valence-corrected chi connectivity index (χ2v) is 4.13. The lowest BCUT2D eigenvalue weighted by Gasteiger charge is -1.98. The quantitative estimate of drug-likeness (QED) is 0.748. The summed E-state index contributed by atoms with van der Waals surface area (Å²) >= 11 is 0. The van der Waals surface area contributed by atoms with Gasteiger partial charge >= 0.3 is 0 Å². The molecule has 2 aromatic heterocycles. The maximum atomic E-state index is 4.64. The van der Waals surface area contributed by atoms with Crippen LogP contribution < -0.4 is 0 Å². The highest BCUT2D eigenvalue weighted by molar-refractivity contribution is 5.80. The Morgan fingerprint density at radius 2 is 2.20 bits per heavy atom. The lowest BCUT2D eigenvalue weighted by Crippen LogP contribution is -1.98. The molecule has 1 aliphatic rings. The van der Waals surface area contributed by atoms with E-state index in [1.54, 1.807) is 6.33 Å². The maximum absolute atomic E-state index is 4.64. The molecule has 1 saturated carbocycles. The third kappa shape index (κ3) is 1.24. The number of hydrogen-bond acceptors (Lipinski definition) is 3. The fraction of sp³-hybridized carbons (Fsp3) is 0.545. The van der Waals surface area contributed by atoms with Gasteiger partial charge in [-0.3, -0.25) is 0 Å². The summed E-state index contributed by atoms with van der Waals surface area (Å²) in [6.07, 6.45) is 5.06. The molecular formula is C11H14N4. The summed E-state index contributed by atoms with van der Waals surface area (Å²) in [4.78, 5) is 8.61. The van der Waals surface area contributed by atoms with E-state index in [4.69, 9.17) is 0 Å². The first-order valence-electron chi connectivity index (χ1n) is 5.50. The highest BCUT2D eigenvalue weighted by Gasteiger charge is 2.28. The molecule has 15 heavy (non-hydrogen) atoms. The van der Waals surface area contributed by atoms with Gasteiger partial charge in [-0.1, -0.05) is 6.92 Å². The fourth-order valence-corrected chi connectivity index (χ4v) is 2.02. The number of aromatic nitrogens is 4. The summed E-state index contributed by atoms with van der Waals surface area (Å²) in [7, 11) is 0. The number of fused-ring (bicyclic) bond motifs is 1. The zero-order valence-electron chi connectivity index (χ0n) is 9.06. The number of hydrogen-bond donors (Lipinski definition) is 0. The molecule has 0 atom stereocenters.